The molecule has 0 aromatic heterocycles. The Balaban J connectivity index is 1.31. The van der Waals surface area contributed by atoms with Crippen LogP contribution >= 0.6 is 0 Å². The molecule has 2 unspecified atom stereocenters. The predicted molar refractivity (Wildman–Crippen MR) is 124 cm³/mol. The summed E-state index contributed by atoms with van der Waals surface area (Å²) in [4.78, 5) is 39.2. The van der Waals surface area contributed by atoms with Crippen LogP contribution < -0.4 is 10.6 Å². The zero-order valence-corrected chi connectivity index (χ0v) is 19.0. The molecule has 7 heteroatoms. The van der Waals surface area contributed by atoms with Gasteiger partial charge in [-0.15, -0.1) is 0 Å². The number of hydrogen-bond acceptors (Lipinski definition) is 4. The maximum atomic E-state index is 13.0. The molecule has 0 radical (unpaired) electrons. The zero-order chi connectivity index (χ0) is 23.3. The van der Waals surface area contributed by atoms with Crippen molar-refractivity contribution in [1.29, 1.82) is 0 Å². The Morgan fingerprint density at radius 2 is 1.79 bits per heavy atom. The summed E-state index contributed by atoms with van der Waals surface area (Å²) >= 11 is 0. The summed E-state index contributed by atoms with van der Waals surface area (Å²) in [5, 5.41) is 5.73. The molecule has 1 heterocycles. The number of amides is 4. The molecule has 4 rings (SSSR count). The lowest BCUT2D eigenvalue weighted by atomic mass is 9.73. The van der Waals surface area contributed by atoms with E-state index in [9.17, 15) is 14.4 Å². The van der Waals surface area contributed by atoms with Crippen LogP contribution in [-0.2, 0) is 34.1 Å². The molecule has 7 nitrogen and oxygen atoms in total. The SMILES string of the molecule is CC1CCCCC12NC(=O)N(CC(=O)NCc1ccccc1COCc1ccccc1)C2=O. The molecule has 0 bridgehead atoms. The van der Waals surface area contributed by atoms with Crippen molar-refractivity contribution < 1.29 is 19.1 Å². The van der Waals surface area contributed by atoms with Crippen LogP contribution in [0.5, 0.6) is 0 Å². The number of urea groups is 1. The van der Waals surface area contributed by atoms with Crippen molar-refractivity contribution in [3.8, 4) is 0 Å². The molecule has 2 aliphatic rings. The molecule has 2 N–H and O–H groups in total. The number of nitrogens with zero attached hydrogens (tertiary/aromatic N) is 1. The van der Waals surface area contributed by atoms with E-state index in [1.54, 1.807) is 0 Å². The Bertz CT molecular complexity index is 1010. The Morgan fingerprint density at radius 3 is 2.55 bits per heavy atom. The van der Waals surface area contributed by atoms with Gasteiger partial charge in [0.15, 0.2) is 0 Å². The normalized spacial score (nSPS) is 22.5. The van der Waals surface area contributed by atoms with Crippen LogP contribution in [0.2, 0.25) is 0 Å². The van der Waals surface area contributed by atoms with E-state index in [1.165, 1.54) is 0 Å². The average molecular weight is 450 g/mol. The lowest BCUT2D eigenvalue weighted by Crippen LogP contribution is -2.54. The number of carbonyl (C=O) groups is 3. The number of rotatable bonds is 8. The van der Waals surface area contributed by atoms with Crippen molar-refractivity contribution in [2.75, 3.05) is 6.54 Å². The number of hydrogen-bond donors (Lipinski definition) is 2. The molecular weight excluding hydrogens is 418 g/mol. The van der Waals surface area contributed by atoms with E-state index in [1.807, 2.05) is 61.5 Å². The maximum Gasteiger partial charge on any atom is 0.325 e. The maximum absolute atomic E-state index is 13.0. The number of imide groups is 1. The first-order valence-electron chi connectivity index (χ1n) is 11.6. The molecule has 2 aromatic carbocycles. The van der Waals surface area contributed by atoms with Gasteiger partial charge in [0.2, 0.25) is 5.91 Å². The Hall–Kier alpha value is -3.19. The quantitative estimate of drug-likeness (QED) is 0.604. The molecule has 1 saturated carbocycles. The second-order valence-electron chi connectivity index (χ2n) is 8.96. The van der Waals surface area contributed by atoms with Gasteiger partial charge in [-0.25, -0.2) is 4.79 Å². The van der Waals surface area contributed by atoms with E-state index in [0.717, 1.165) is 40.9 Å². The topological polar surface area (TPSA) is 87.7 Å². The predicted octanol–water partition coefficient (Wildman–Crippen LogP) is 3.52. The molecule has 33 heavy (non-hydrogen) atoms. The molecule has 1 aliphatic carbocycles. The third-order valence-corrected chi connectivity index (χ3v) is 6.77. The van der Waals surface area contributed by atoms with Gasteiger partial charge in [-0.05, 0) is 35.4 Å². The second-order valence-corrected chi connectivity index (χ2v) is 8.96. The van der Waals surface area contributed by atoms with Crippen LogP contribution in [0, 0.1) is 5.92 Å². The molecule has 2 atom stereocenters. The van der Waals surface area contributed by atoms with Crippen molar-refractivity contribution in [3.05, 3.63) is 71.3 Å². The molecular formula is C26H31N3O4. The van der Waals surface area contributed by atoms with E-state index in [0.29, 0.717) is 26.2 Å². The summed E-state index contributed by atoms with van der Waals surface area (Å²) in [5.41, 5.74) is 2.17. The van der Waals surface area contributed by atoms with Gasteiger partial charge in [-0.2, -0.15) is 0 Å². The minimum absolute atomic E-state index is 0.0681. The first-order chi connectivity index (χ1) is 16.0. The third-order valence-electron chi connectivity index (χ3n) is 6.77. The molecule has 4 amide bonds. The van der Waals surface area contributed by atoms with Gasteiger partial charge in [0.05, 0.1) is 13.2 Å². The Morgan fingerprint density at radius 1 is 1.06 bits per heavy atom. The van der Waals surface area contributed by atoms with Crippen molar-refractivity contribution in [3.63, 3.8) is 0 Å². The van der Waals surface area contributed by atoms with Crippen molar-refractivity contribution in [2.45, 2.75) is 57.9 Å². The molecule has 1 saturated heterocycles. The van der Waals surface area contributed by atoms with Gasteiger partial charge in [0, 0.05) is 6.54 Å². The fourth-order valence-electron chi connectivity index (χ4n) is 4.76. The molecule has 2 aromatic rings. The first kappa shape index (κ1) is 23.0. The summed E-state index contributed by atoms with van der Waals surface area (Å²) in [7, 11) is 0. The van der Waals surface area contributed by atoms with E-state index < -0.39 is 11.6 Å². The average Bonchev–Trinajstić information content (AvgIpc) is 3.06. The van der Waals surface area contributed by atoms with Gasteiger partial charge in [-0.1, -0.05) is 74.4 Å². The van der Waals surface area contributed by atoms with Crippen LogP contribution in [-0.4, -0.2) is 34.8 Å². The summed E-state index contributed by atoms with van der Waals surface area (Å²) in [6.07, 6.45) is 3.49. The molecule has 1 spiro atoms. The third kappa shape index (κ3) is 5.09. The van der Waals surface area contributed by atoms with Crippen molar-refractivity contribution >= 4 is 17.8 Å². The largest absolute Gasteiger partial charge is 0.372 e. The highest BCUT2D eigenvalue weighted by Crippen LogP contribution is 2.38. The van der Waals surface area contributed by atoms with Gasteiger partial charge >= 0.3 is 6.03 Å². The van der Waals surface area contributed by atoms with Gasteiger partial charge < -0.3 is 15.4 Å². The zero-order valence-electron chi connectivity index (χ0n) is 19.0. The minimum Gasteiger partial charge on any atom is -0.372 e. The van der Waals surface area contributed by atoms with Crippen LogP contribution in [0.3, 0.4) is 0 Å². The highest BCUT2D eigenvalue weighted by atomic mass is 16.5. The Kier molecular flexibility index (Phi) is 7.08. The highest BCUT2D eigenvalue weighted by Gasteiger charge is 2.55. The van der Waals surface area contributed by atoms with Gasteiger partial charge in [0.25, 0.3) is 5.91 Å². The number of carbonyl (C=O) groups excluding carboxylic acids is 3. The smallest absolute Gasteiger partial charge is 0.325 e. The summed E-state index contributed by atoms with van der Waals surface area (Å²) < 4.78 is 5.84. The molecule has 2 fully saturated rings. The van der Waals surface area contributed by atoms with Crippen molar-refractivity contribution in [2.24, 2.45) is 5.92 Å². The van der Waals surface area contributed by atoms with E-state index in [4.69, 9.17) is 4.74 Å². The van der Waals surface area contributed by atoms with Gasteiger partial charge in [0.1, 0.15) is 12.1 Å². The van der Waals surface area contributed by atoms with Crippen LogP contribution in [0.25, 0.3) is 0 Å². The number of benzene rings is 2. The van der Waals surface area contributed by atoms with Crippen LogP contribution in [0.15, 0.2) is 54.6 Å². The fraction of sp³-hybridized carbons (Fsp3) is 0.423. The van der Waals surface area contributed by atoms with Crippen LogP contribution in [0.1, 0.15) is 49.3 Å². The summed E-state index contributed by atoms with van der Waals surface area (Å²) in [6.45, 7) is 2.96. The standard InChI is InChI=1S/C26H31N3O4/c1-19-9-7-8-14-26(19)24(31)29(25(32)28-26)16-23(30)27-15-21-12-5-6-13-22(21)18-33-17-20-10-3-2-4-11-20/h2-6,10-13,19H,7-9,14-18H2,1H3,(H,27,30)(H,28,32). The van der Waals surface area contributed by atoms with Crippen LogP contribution in [0.4, 0.5) is 4.79 Å². The van der Waals surface area contributed by atoms with Gasteiger partial charge in [-0.3, -0.25) is 14.5 Å². The first-order valence-corrected chi connectivity index (χ1v) is 11.6. The van der Waals surface area contributed by atoms with E-state index >= 15 is 0 Å². The minimum atomic E-state index is -0.849. The van der Waals surface area contributed by atoms with E-state index in [-0.39, 0.29) is 24.3 Å². The molecule has 174 valence electrons. The highest BCUT2D eigenvalue weighted by molar-refractivity contribution is 6.09. The monoisotopic (exact) mass is 449 g/mol. The number of ether oxygens (including phenoxy) is 1. The number of nitrogens with one attached hydrogen (secondary N) is 2. The lowest BCUT2D eigenvalue weighted by molar-refractivity contribution is -0.137. The second kappa shape index (κ2) is 10.2. The Labute approximate surface area is 194 Å². The molecule has 1 aliphatic heterocycles. The fourth-order valence-corrected chi connectivity index (χ4v) is 4.76. The summed E-state index contributed by atoms with van der Waals surface area (Å²) in [6, 6.07) is 17.2. The summed E-state index contributed by atoms with van der Waals surface area (Å²) in [5.74, 6) is -0.567. The van der Waals surface area contributed by atoms with E-state index in [2.05, 4.69) is 10.6 Å². The lowest BCUT2D eigenvalue weighted by Gasteiger charge is -2.36. The van der Waals surface area contributed by atoms with Crippen molar-refractivity contribution in [1.82, 2.24) is 15.5 Å².